The Hall–Kier alpha value is -1.87. The number of anilines is 1. The van der Waals surface area contributed by atoms with Gasteiger partial charge >= 0.3 is 0 Å². The minimum atomic E-state index is 0.401. The summed E-state index contributed by atoms with van der Waals surface area (Å²) in [5.74, 6) is 0.678. The first-order valence-corrected chi connectivity index (χ1v) is 7.33. The van der Waals surface area contributed by atoms with E-state index >= 15 is 0 Å². The quantitative estimate of drug-likeness (QED) is 0.927. The molecule has 1 aromatic heterocycles. The zero-order valence-electron chi connectivity index (χ0n) is 11.7. The number of likely N-dealkylation sites (tertiary alicyclic amines) is 1. The van der Waals surface area contributed by atoms with E-state index in [0.29, 0.717) is 11.9 Å². The fourth-order valence-corrected chi connectivity index (χ4v) is 3.06. The van der Waals surface area contributed by atoms with Crippen molar-refractivity contribution in [3.8, 4) is 0 Å². The first-order valence-electron chi connectivity index (χ1n) is 7.33. The predicted octanol–water partition coefficient (Wildman–Crippen LogP) is 3.39. The molecule has 2 N–H and O–H groups in total. The van der Waals surface area contributed by atoms with E-state index in [0.717, 1.165) is 13.1 Å². The van der Waals surface area contributed by atoms with Gasteiger partial charge in [0.2, 0.25) is 0 Å². The summed E-state index contributed by atoms with van der Waals surface area (Å²) >= 11 is 0. The summed E-state index contributed by atoms with van der Waals surface area (Å²) in [7, 11) is 0. The number of pyridine rings is 1. The van der Waals surface area contributed by atoms with Crippen molar-refractivity contribution in [2.24, 2.45) is 0 Å². The Morgan fingerprint density at radius 3 is 2.75 bits per heavy atom. The maximum atomic E-state index is 6.07. The number of hydrogen-bond acceptors (Lipinski definition) is 3. The third-order valence-corrected chi connectivity index (χ3v) is 4.07. The maximum Gasteiger partial charge on any atom is 0.128 e. The molecule has 2 aromatic rings. The highest BCUT2D eigenvalue weighted by Crippen LogP contribution is 2.34. The highest BCUT2D eigenvalue weighted by molar-refractivity contribution is 5.41. The zero-order chi connectivity index (χ0) is 13.8. The second-order valence-corrected chi connectivity index (χ2v) is 5.45. The average Bonchev–Trinajstić information content (AvgIpc) is 2.50. The molecule has 0 saturated carbocycles. The van der Waals surface area contributed by atoms with E-state index in [1.165, 1.54) is 30.4 Å². The smallest absolute Gasteiger partial charge is 0.128 e. The van der Waals surface area contributed by atoms with Gasteiger partial charge in [0.05, 0.1) is 0 Å². The van der Waals surface area contributed by atoms with Crippen molar-refractivity contribution in [3.63, 3.8) is 0 Å². The Labute approximate surface area is 120 Å². The summed E-state index contributed by atoms with van der Waals surface area (Å²) < 4.78 is 0. The van der Waals surface area contributed by atoms with Gasteiger partial charge in [-0.15, -0.1) is 0 Å². The van der Waals surface area contributed by atoms with E-state index in [9.17, 15) is 0 Å². The van der Waals surface area contributed by atoms with Gasteiger partial charge in [0, 0.05) is 24.3 Å². The molecule has 2 heterocycles. The predicted molar refractivity (Wildman–Crippen MR) is 82.1 cm³/mol. The monoisotopic (exact) mass is 267 g/mol. The van der Waals surface area contributed by atoms with Crippen LogP contribution in [0.15, 0.2) is 48.7 Å². The van der Waals surface area contributed by atoms with Gasteiger partial charge in [0.25, 0.3) is 0 Å². The number of nitrogens with zero attached hydrogens (tertiary/aromatic N) is 2. The van der Waals surface area contributed by atoms with Crippen molar-refractivity contribution < 1.29 is 0 Å². The highest BCUT2D eigenvalue weighted by atomic mass is 15.2. The lowest BCUT2D eigenvalue weighted by molar-refractivity contribution is 0.141. The molecule has 3 rings (SSSR count). The number of aromatic nitrogens is 1. The SMILES string of the molecule is Nc1ncccc1C1CCCCN1Cc1ccccc1. The molecule has 0 spiro atoms. The summed E-state index contributed by atoms with van der Waals surface area (Å²) in [5.41, 5.74) is 8.62. The van der Waals surface area contributed by atoms with Crippen LogP contribution < -0.4 is 5.73 Å². The molecule has 1 unspecified atom stereocenters. The van der Waals surface area contributed by atoms with Crippen LogP contribution in [0.5, 0.6) is 0 Å². The van der Waals surface area contributed by atoms with Crippen LogP contribution in [0.4, 0.5) is 5.82 Å². The van der Waals surface area contributed by atoms with Gasteiger partial charge in [0.15, 0.2) is 0 Å². The molecule has 1 fully saturated rings. The van der Waals surface area contributed by atoms with Crippen LogP contribution in [-0.2, 0) is 6.54 Å². The normalized spacial score (nSPS) is 19.9. The Morgan fingerprint density at radius 2 is 1.95 bits per heavy atom. The molecule has 0 radical (unpaired) electrons. The molecule has 20 heavy (non-hydrogen) atoms. The average molecular weight is 267 g/mol. The van der Waals surface area contributed by atoms with Gasteiger partial charge in [-0.05, 0) is 31.0 Å². The number of nitrogen functional groups attached to an aromatic ring is 1. The van der Waals surface area contributed by atoms with Crippen LogP contribution >= 0.6 is 0 Å². The van der Waals surface area contributed by atoms with Crippen LogP contribution in [0, 0.1) is 0 Å². The first kappa shape index (κ1) is 13.1. The lowest BCUT2D eigenvalue weighted by Gasteiger charge is -2.36. The maximum absolute atomic E-state index is 6.07. The van der Waals surface area contributed by atoms with Gasteiger partial charge in [-0.25, -0.2) is 4.98 Å². The first-order chi connectivity index (χ1) is 9.84. The number of benzene rings is 1. The van der Waals surface area contributed by atoms with E-state index in [1.807, 2.05) is 6.07 Å². The van der Waals surface area contributed by atoms with Crippen LogP contribution in [0.3, 0.4) is 0 Å². The summed E-state index contributed by atoms with van der Waals surface area (Å²) in [5, 5.41) is 0. The molecule has 0 bridgehead atoms. The second-order valence-electron chi connectivity index (χ2n) is 5.45. The van der Waals surface area contributed by atoms with Gasteiger partial charge in [-0.3, -0.25) is 4.90 Å². The fourth-order valence-electron chi connectivity index (χ4n) is 3.06. The minimum absolute atomic E-state index is 0.401. The van der Waals surface area contributed by atoms with Crippen LogP contribution in [0.25, 0.3) is 0 Å². The van der Waals surface area contributed by atoms with E-state index < -0.39 is 0 Å². The lowest BCUT2D eigenvalue weighted by atomic mass is 9.95. The molecule has 3 nitrogen and oxygen atoms in total. The highest BCUT2D eigenvalue weighted by Gasteiger charge is 2.25. The molecular weight excluding hydrogens is 246 g/mol. The Morgan fingerprint density at radius 1 is 1.10 bits per heavy atom. The summed E-state index contributed by atoms with van der Waals surface area (Å²) in [6.07, 6.45) is 5.47. The van der Waals surface area contributed by atoms with E-state index in [4.69, 9.17) is 5.73 Å². The molecule has 3 heteroatoms. The number of rotatable bonds is 3. The van der Waals surface area contributed by atoms with Crippen LogP contribution in [-0.4, -0.2) is 16.4 Å². The molecule has 1 saturated heterocycles. The third kappa shape index (κ3) is 2.83. The molecule has 0 aliphatic carbocycles. The molecular formula is C17H21N3. The van der Waals surface area contributed by atoms with Gasteiger partial charge in [-0.2, -0.15) is 0 Å². The van der Waals surface area contributed by atoms with Crippen molar-refractivity contribution in [1.29, 1.82) is 0 Å². The largest absolute Gasteiger partial charge is 0.383 e. The van der Waals surface area contributed by atoms with E-state index in [-0.39, 0.29) is 0 Å². The van der Waals surface area contributed by atoms with Crippen LogP contribution in [0.1, 0.15) is 36.4 Å². The van der Waals surface area contributed by atoms with Crippen molar-refractivity contribution in [1.82, 2.24) is 9.88 Å². The van der Waals surface area contributed by atoms with E-state index in [2.05, 4.69) is 46.3 Å². The number of nitrogens with two attached hydrogens (primary N) is 1. The third-order valence-electron chi connectivity index (χ3n) is 4.07. The molecule has 104 valence electrons. The molecule has 1 aliphatic heterocycles. The fraction of sp³-hybridized carbons (Fsp3) is 0.353. The van der Waals surface area contributed by atoms with Crippen molar-refractivity contribution in [2.45, 2.75) is 31.8 Å². The standard InChI is InChI=1S/C17H21N3/c18-17-15(9-6-11-19-17)16-10-4-5-12-20(16)13-14-7-2-1-3-8-14/h1-3,6-9,11,16H,4-5,10,12-13H2,(H2,18,19). The van der Waals surface area contributed by atoms with Gasteiger partial charge < -0.3 is 5.73 Å². The molecule has 1 atom stereocenters. The molecule has 0 amide bonds. The summed E-state index contributed by atoms with van der Waals surface area (Å²) in [4.78, 5) is 6.78. The summed E-state index contributed by atoms with van der Waals surface area (Å²) in [6, 6.07) is 15.2. The Balaban J connectivity index is 1.83. The number of piperidine rings is 1. The van der Waals surface area contributed by atoms with Crippen molar-refractivity contribution >= 4 is 5.82 Å². The second kappa shape index (κ2) is 6.06. The topological polar surface area (TPSA) is 42.1 Å². The summed E-state index contributed by atoms with van der Waals surface area (Å²) in [6.45, 7) is 2.12. The Kier molecular flexibility index (Phi) is 3.97. The van der Waals surface area contributed by atoms with Crippen molar-refractivity contribution in [2.75, 3.05) is 12.3 Å². The van der Waals surface area contributed by atoms with Crippen LogP contribution in [0.2, 0.25) is 0 Å². The van der Waals surface area contributed by atoms with Gasteiger partial charge in [0.1, 0.15) is 5.82 Å². The van der Waals surface area contributed by atoms with E-state index in [1.54, 1.807) is 6.20 Å². The van der Waals surface area contributed by atoms with Gasteiger partial charge in [-0.1, -0.05) is 42.8 Å². The number of hydrogen-bond donors (Lipinski definition) is 1. The lowest BCUT2D eigenvalue weighted by Crippen LogP contribution is -2.33. The molecule has 1 aromatic carbocycles. The Bertz CT molecular complexity index is 553. The van der Waals surface area contributed by atoms with Crippen molar-refractivity contribution in [3.05, 3.63) is 59.8 Å². The minimum Gasteiger partial charge on any atom is -0.383 e. The zero-order valence-corrected chi connectivity index (χ0v) is 11.7. The molecule has 1 aliphatic rings.